The van der Waals surface area contributed by atoms with Crippen LogP contribution >= 0.6 is 11.8 Å². The third-order valence-corrected chi connectivity index (χ3v) is 4.77. The van der Waals surface area contributed by atoms with Gasteiger partial charge in [-0.25, -0.2) is 4.79 Å². The first-order valence-electron chi connectivity index (χ1n) is 8.36. The normalized spacial score (nSPS) is 10.2. The molecule has 0 aliphatic heterocycles. The Morgan fingerprint density at radius 2 is 1.89 bits per heavy atom. The molecule has 148 valence electrons. The minimum atomic E-state index is -0.795. The van der Waals surface area contributed by atoms with Gasteiger partial charge in [0.15, 0.2) is 6.61 Å². The van der Waals surface area contributed by atoms with Crippen molar-refractivity contribution in [1.29, 1.82) is 0 Å². The number of nitro groups is 1. The highest BCUT2D eigenvalue weighted by atomic mass is 32.2. The molecule has 9 heteroatoms. The summed E-state index contributed by atoms with van der Waals surface area (Å²) < 4.78 is 5.02. The Morgan fingerprint density at radius 1 is 1.21 bits per heavy atom. The standard InChI is InChI=1S/C19H21N3O5S/c1-20-16-9-6-14(10-17(16)22(25)26)19(24)27-12-18(23)21(2)11-13-4-7-15(28-3)8-5-13/h4-10,20H,11-12H2,1-3H3. The number of nitrogens with zero attached hydrogens (tertiary/aromatic N) is 2. The molecule has 0 atom stereocenters. The van der Waals surface area contributed by atoms with E-state index >= 15 is 0 Å². The summed E-state index contributed by atoms with van der Waals surface area (Å²) in [7, 11) is 3.16. The fourth-order valence-corrected chi connectivity index (χ4v) is 2.84. The SMILES string of the molecule is CNc1ccc(C(=O)OCC(=O)N(C)Cc2ccc(SC)cc2)cc1[N+](=O)[O-]. The van der Waals surface area contributed by atoms with E-state index in [0.29, 0.717) is 6.54 Å². The molecule has 2 aromatic rings. The zero-order chi connectivity index (χ0) is 20.7. The van der Waals surface area contributed by atoms with Crippen molar-refractivity contribution in [3.63, 3.8) is 0 Å². The van der Waals surface area contributed by atoms with Gasteiger partial charge in [-0.1, -0.05) is 12.1 Å². The van der Waals surface area contributed by atoms with Crippen molar-refractivity contribution < 1.29 is 19.2 Å². The number of hydrogen-bond acceptors (Lipinski definition) is 7. The first kappa shape index (κ1) is 21.2. The number of amides is 1. The molecule has 1 amide bonds. The van der Waals surface area contributed by atoms with Crippen molar-refractivity contribution >= 4 is 35.0 Å². The number of anilines is 1. The average molecular weight is 403 g/mol. The molecule has 1 N–H and O–H groups in total. The largest absolute Gasteiger partial charge is 0.452 e. The minimum absolute atomic E-state index is 0.00816. The molecule has 0 spiro atoms. The second-order valence-corrected chi connectivity index (χ2v) is 6.79. The number of benzene rings is 2. The van der Waals surface area contributed by atoms with Gasteiger partial charge in [-0.2, -0.15) is 0 Å². The minimum Gasteiger partial charge on any atom is -0.452 e. The number of carbonyl (C=O) groups excluding carboxylic acids is 2. The molecule has 2 rings (SSSR count). The molecule has 0 aliphatic carbocycles. The maximum atomic E-state index is 12.2. The number of esters is 1. The Bertz CT molecular complexity index is 870. The lowest BCUT2D eigenvalue weighted by Crippen LogP contribution is -2.30. The van der Waals surface area contributed by atoms with Crippen LogP contribution in [0, 0.1) is 10.1 Å². The van der Waals surface area contributed by atoms with Crippen molar-refractivity contribution in [3.8, 4) is 0 Å². The first-order valence-corrected chi connectivity index (χ1v) is 9.58. The molecule has 0 saturated heterocycles. The number of rotatable bonds is 8. The van der Waals surface area contributed by atoms with Gasteiger partial charge in [0.1, 0.15) is 5.69 Å². The van der Waals surface area contributed by atoms with E-state index in [1.54, 1.807) is 25.9 Å². The van der Waals surface area contributed by atoms with Crippen LogP contribution in [0.25, 0.3) is 0 Å². The summed E-state index contributed by atoms with van der Waals surface area (Å²) in [6.45, 7) is -0.0623. The molecular weight excluding hydrogens is 382 g/mol. The topological polar surface area (TPSA) is 102 Å². The third-order valence-electron chi connectivity index (χ3n) is 4.03. The predicted molar refractivity (Wildman–Crippen MR) is 108 cm³/mol. The summed E-state index contributed by atoms with van der Waals surface area (Å²) in [4.78, 5) is 37.4. The highest BCUT2D eigenvalue weighted by Gasteiger charge is 2.19. The predicted octanol–water partition coefficient (Wildman–Crippen LogP) is 3.17. The Hall–Kier alpha value is -3.07. The fraction of sp³-hybridized carbons (Fsp3) is 0.263. The van der Waals surface area contributed by atoms with Crippen molar-refractivity contribution in [3.05, 3.63) is 63.7 Å². The molecular formula is C19H21N3O5S. The highest BCUT2D eigenvalue weighted by Crippen LogP contribution is 2.25. The van der Waals surface area contributed by atoms with Crippen LogP contribution in [-0.2, 0) is 16.1 Å². The number of thioether (sulfide) groups is 1. The molecule has 0 saturated carbocycles. The zero-order valence-corrected chi connectivity index (χ0v) is 16.6. The zero-order valence-electron chi connectivity index (χ0n) is 15.8. The van der Waals surface area contributed by atoms with Gasteiger partial charge >= 0.3 is 5.97 Å². The monoisotopic (exact) mass is 403 g/mol. The summed E-state index contributed by atoms with van der Waals surface area (Å²) in [5.74, 6) is -1.17. The van der Waals surface area contributed by atoms with Crippen molar-refractivity contribution in [2.24, 2.45) is 0 Å². The molecule has 0 unspecified atom stereocenters. The van der Waals surface area contributed by atoms with Gasteiger partial charge in [-0.05, 0) is 36.1 Å². The van der Waals surface area contributed by atoms with Gasteiger partial charge in [-0.15, -0.1) is 11.8 Å². The summed E-state index contributed by atoms with van der Waals surface area (Å²) in [6, 6.07) is 11.8. The van der Waals surface area contributed by atoms with Gasteiger partial charge in [0, 0.05) is 31.6 Å². The average Bonchev–Trinajstić information content (AvgIpc) is 2.71. The summed E-state index contributed by atoms with van der Waals surface area (Å²) >= 11 is 1.63. The van der Waals surface area contributed by atoms with Gasteiger partial charge in [0.2, 0.25) is 0 Å². The molecule has 0 radical (unpaired) electrons. The van der Waals surface area contributed by atoms with E-state index in [1.807, 2.05) is 30.5 Å². The van der Waals surface area contributed by atoms with E-state index < -0.39 is 17.5 Å². The molecule has 8 nitrogen and oxygen atoms in total. The first-order chi connectivity index (χ1) is 13.3. The molecule has 28 heavy (non-hydrogen) atoms. The number of likely N-dealkylation sites (N-methyl/N-ethyl adjacent to an activating group) is 1. The van der Waals surface area contributed by atoms with Crippen molar-refractivity contribution in [2.75, 3.05) is 32.3 Å². The highest BCUT2D eigenvalue weighted by molar-refractivity contribution is 7.98. The molecule has 0 fully saturated rings. The van der Waals surface area contributed by atoms with Gasteiger partial charge < -0.3 is 15.0 Å². The third kappa shape index (κ3) is 5.46. The van der Waals surface area contributed by atoms with E-state index in [0.717, 1.165) is 16.5 Å². The number of ether oxygens (including phenoxy) is 1. The second-order valence-electron chi connectivity index (χ2n) is 5.91. The summed E-state index contributed by atoms with van der Waals surface area (Å²) in [5.41, 5.74) is 1.01. The quantitative estimate of drug-likeness (QED) is 0.313. The van der Waals surface area contributed by atoms with Gasteiger partial charge in [0.25, 0.3) is 11.6 Å². The van der Waals surface area contributed by atoms with E-state index in [2.05, 4.69) is 5.32 Å². The molecule has 0 heterocycles. The van der Waals surface area contributed by atoms with Crippen LogP contribution in [0.4, 0.5) is 11.4 Å². The number of hydrogen-bond donors (Lipinski definition) is 1. The van der Waals surface area contributed by atoms with Crippen LogP contribution in [-0.4, -0.2) is 48.7 Å². The fourth-order valence-electron chi connectivity index (χ4n) is 2.43. The van der Waals surface area contributed by atoms with E-state index in [4.69, 9.17) is 4.74 Å². The Morgan fingerprint density at radius 3 is 2.46 bits per heavy atom. The summed E-state index contributed by atoms with van der Waals surface area (Å²) in [5, 5.41) is 13.8. The van der Waals surface area contributed by atoms with Gasteiger partial charge in [0.05, 0.1) is 10.5 Å². The lowest BCUT2D eigenvalue weighted by Gasteiger charge is -2.17. The molecule has 0 bridgehead atoms. The Balaban J connectivity index is 1.94. The van der Waals surface area contributed by atoms with E-state index in [1.165, 1.54) is 17.0 Å². The number of nitrogens with one attached hydrogen (secondary N) is 1. The lowest BCUT2D eigenvalue weighted by molar-refractivity contribution is -0.384. The van der Waals surface area contributed by atoms with Crippen LogP contribution in [0.3, 0.4) is 0 Å². The van der Waals surface area contributed by atoms with Crippen molar-refractivity contribution in [1.82, 2.24) is 4.90 Å². The number of nitro benzene ring substituents is 1. The Labute approximate surface area is 167 Å². The second kappa shape index (κ2) is 9.75. The maximum Gasteiger partial charge on any atom is 0.338 e. The maximum absolute atomic E-state index is 12.2. The number of carbonyl (C=O) groups is 2. The lowest BCUT2D eigenvalue weighted by atomic mass is 10.1. The molecule has 0 aromatic heterocycles. The van der Waals surface area contributed by atoms with E-state index in [-0.39, 0.29) is 22.8 Å². The van der Waals surface area contributed by atoms with Crippen LogP contribution in [0.1, 0.15) is 15.9 Å². The van der Waals surface area contributed by atoms with Gasteiger partial charge in [-0.3, -0.25) is 14.9 Å². The van der Waals surface area contributed by atoms with Crippen LogP contribution in [0.2, 0.25) is 0 Å². The Kier molecular flexibility index (Phi) is 7.39. The van der Waals surface area contributed by atoms with Crippen LogP contribution in [0.5, 0.6) is 0 Å². The van der Waals surface area contributed by atoms with Crippen LogP contribution in [0.15, 0.2) is 47.4 Å². The van der Waals surface area contributed by atoms with E-state index in [9.17, 15) is 19.7 Å². The smallest absolute Gasteiger partial charge is 0.338 e. The van der Waals surface area contributed by atoms with Crippen LogP contribution < -0.4 is 5.32 Å². The molecule has 0 aliphatic rings. The summed E-state index contributed by atoms with van der Waals surface area (Å²) in [6.07, 6.45) is 1.99. The van der Waals surface area contributed by atoms with Crippen molar-refractivity contribution in [2.45, 2.75) is 11.4 Å². The molecule has 2 aromatic carbocycles.